The van der Waals surface area contributed by atoms with E-state index in [1.807, 2.05) is 30.3 Å². The molecule has 1 aliphatic heterocycles. The van der Waals surface area contributed by atoms with Gasteiger partial charge in [-0.15, -0.1) is 0 Å². The summed E-state index contributed by atoms with van der Waals surface area (Å²) in [5, 5.41) is 0. The number of aromatic nitrogens is 2. The van der Waals surface area contributed by atoms with Crippen molar-refractivity contribution < 1.29 is 19.1 Å². The second-order valence-corrected chi connectivity index (χ2v) is 9.59. The summed E-state index contributed by atoms with van der Waals surface area (Å²) in [6.45, 7) is 7.87. The largest absolute Gasteiger partial charge is 0.494 e. The van der Waals surface area contributed by atoms with Crippen LogP contribution in [-0.4, -0.2) is 46.1 Å². The number of carbonyl (C=O) groups excluding carboxylic acids is 2. The van der Waals surface area contributed by atoms with Crippen LogP contribution in [0.4, 0.5) is 4.79 Å². The number of imide groups is 1. The van der Waals surface area contributed by atoms with E-state index in [1.165, 1.54) is 10.5 Å². The monoisotopic (exact) mass is 449 g/mol. The van der Waals surface area contributed by atoms with Crippen molar-refractivity contribution in [1.82, 2.24) is 14.9 Å². The number of nitrogens with one attached hydrogen (secondary N) is 1. The quantitative estimate of drug-likeness (QED) is 0.581. The molecule has 0 saturated carbocycles. The Balaban J connectivity index is 1.63. The minimum Gasteiger partial charge on any atom is -0.494 e. The summed E-state index contributed by atoms with van der Waals surface area (Å²) in [4.78, 5) is 35.1. The summed E-state index contributed by atoms with van der Waals surface area (Å²) in [5.41, 5.74) is 2.90. The van der Waals surface area contributed by atoms with Crippen LogP contribution in [0.15, 0.2) is 42.5 Å². The van der Waals surface area contributed by atoms with Crippen molar-refractivity contribution >= 4 is 23.0 Å². The van der Waals surface area contributed by atoms with E-state index in [4.69, 9.17) is 14.5 Å². The van der Waals surface area contributed by atoms with E-state index in [0.717, 1.165) is 23.3 Å². The van der Waals surface area contributed by atoms with Gasteiger partial charge in [-0.3, -0.25) is 4.79 Å². The van der Waals surface area contributed by atoms with Crippen LogP contribution in [-0.2, 0) is 16.0 Å². The van der Waals surface area contributed by atoms with E-state index in [9.17, 15) is 9.59 Å². The molecule has 2 heterocycles. The standard InChI is InChI=1S/C26H31N3O4/c1-16(17-9-7-6-8-10-17)15-21-27-22-18(11-12-20(32-5)23(22)28-21)19-13-14-29(24(19)30)25(31)33-26(2,3)4/h6-12,16,19H,13-15H2,1-5H3,(H,27,28). The SMILES string of the molecule is COc1ccc(C2CCN(C(=O)OC(C)(C)C)C2=O)c2[nH]c(CC(C)c3ccccc3)nc12. The van der Waals surface area contributed by atoms with E-state index in [-0.39, 0.29) is 11.8 Å². The first-order valence-electron chi connectivity index (χ1n) is 11.3. The van der Waals surface area contributed by atoms with Crippen molar-refractivity contribution in [3.63, 3.8) is 0 Å². The van der Waals surface area contributed by atoms with Crippen molar-refractivity contribution in [2.45, 2.75) is 58.0 Å². The van der Waals surface area contributed by atoms with Gasteiger partial charge in [0.25, 0.3) is 0 Å². The number of fused-ring (bicyclic) bond motifs is 1. The third-order valence-electron chi connectivity index (χ3n) is 5.97. The Morgan fingerprint density at radius 2 is 1.94 bits per heavy atom. The average Bonchev–Trinajstić information content (AvgIpc) is 3.36. The number of H-pyrrole nitrogens is 1. The summed E-state index contributed by atoms with van der Waals surface area (Å²) in [7, 11) is 1.61. The summed E-state index contributed by atoms with van der Waals surface area (Å²) < 4.78 is 11.0. The number of amides is 2. The highest BCUT2D eigenvalue weighted by molar-refractivity contribution is 6.00. The lowest BCUT2D eigenvalue weighted by molar-refractivity contribution is -0.128. The summed E-state index contributed by atoms with van der Waals surface area (Å²) in [5.74, 6) is 1.08. The maximum absolute atomic E-state index is 13.2. The minimum atomic E-state index is -0.656. The average molecular weight is 450 g/mol. The third kappa shape index (κ3) is 4.72. The van der Waals surface area contributed by atoms with E-state index < -0.39 is 17.6 Å². The molecule has 3 aromatic rings. The first-order valence-corrected chi connectivity index (χ1v) is 11.3. The first-order chi connectivity index (χ1) is 15.7. The maximum Gasteiger partial charge on any atom is 0.417 e. The predicted molar refractivity (Wildman–Crippen MR) is 127 cm³/mol. The molecule has 0 bridgehead atoms. The Morgan fingerprint density at radius 1 is 1.21 bits per heavy atom. The molecule has 33 heavy (non-hydrogen) atoms. The highest BCUT2D eigenvalue weighted by Gasteiger charge is 2.39. The number of rotatable bonds is 5. The van der Waals surface area contributed by atoms with E-state index in [2.05, 4.69) is 24.0 Å². The van der Waals surface area contributed by atoms with Gasteiger partial charge >= 0.3 is 6.09 Å². The Hall–Kier alpha value is -3.35. The van der Waals surface area contributed by atoms with Crippen LogP contribution in [0.1, 0.15) is 62.9 Å². The van der Waals surface area contributed by atoms with Crippen LogP contribution in [0.25, 0.3) is 11.0 Å². The van der Waals surface area contributed by atoms with Gasteiger partial charge in [0.05, 0.1) is 18.5 Å². The molecule has 4 rings (SSSR count). The fourth-order valence-electron chi connectivity index (χ4n) is 4.35. The van der Waals surface area contributed by atoms with Gasteiger partial charge in [-0.05, 0) is 50.3 Å². The fraction of sp³-hybridized carbons (Fsp3) is 0.423. The van der Waals surface area contributed by atoms with Crippen molar-refractivity contribution in [2.75, 3.05) is 13.7 Å². The number of nitrogens with zero attached hydrogens (tertiary/aromatic N) is 2. The first kappa shape index (κ1) is 22.8. The number of likely N-dealkylation sites (tertiary alicyclic amines) is 1. The molecule has 0 spiro atoms. The number of carbonyl (C=O) groups is 2. The fourth-order valence-corrected chi connectivity index (χ4v) is 4.35. The van der Waals surface area contributed by atoms with Crippen LogP contribution in [0, 0.1) is 0 Å². The molecule has 7 heteroatoms. The molecule has 7 nitrogen and oxygen atoms in total. The second kappa shape index (κ2) is 8.89. The van der Waals surface area contributed by atoms with Gasteiger partial charge in [0, 0.05) is 13.0 Å². The second-order valence-electron chi connectivity index (χ2n) is 9.59. The van der Waals surface area contributed by atoms with Gasteiger partial charge in [0.2, 0.25) is 5.91 Å². The Morgan fingerprint density at radius 3 is 2.61 bits per heavy atom. The number of aromatic amines is 1. The summed E-state index contributed by atoms with van der Waals surface area (Å²) in [6, 6.07) is 14.0. The summed E-state index contributed by atoms with van der Waals surface area (Å²) in [6.07, 6.45) is 0.667. The minimum absolute atomic E-state index is 0.246. The number of imidazole rings is 1. The van der Waals surface area contributed by atoms with Gasteiger partial charge in [0.1, 0.15) is 22.7 Å². The molecule has 2 unspecified atom stereocenters. The molecule has 2 atom stereocenters. The Bertz CT molecular complexity index is 1160. The molecule has 2 amide bonds. The third-order valence-corrected chi connectivity index (χ3v) is 5.97. The Labute approximate surface area is 194 Å². The zero-order chi connectivity index (χ0) is 23.8. The number of benzene rings is 2. The molecule has 0 aliphatic carbocycles. The van der Waals surface area contributed by atoms with Crippen LogP contribution in [0.2, 0.25) is 0 Å². The molecular weight excluding hydrogens is 418 g/mol. The molecule has 1 fully saturated rings. The number of ether oxygens (including phenoxy) is 2. The lowest BCUT2D eigenvalue weighted by Crippen LogP contribution is -2.38. The van der Waals surface area contributed by atoms with Crippen LogP contribution < -0.4 is 4.74 Å². The highest BCUT2D eigenvalue weighted by Crippen LogP contribution is 2.37. The van der Waals surface area contributed by atoms with Crippen LogP contribution in [0.3, 0.4) is 0 Å². The molecule has 1 aliphatic rings. The summed E-state index contributed by atoms with van der Waals surface area (Å²) >= 11 is 0. The number of methoxy groups -OCH3 is 1. The molecule has 2 aromatic carbocycles. The number of hydrogen-bond acceptors (Lipinski definition) is 5. The van der Waals surface area contributed by atoms with Gasteiger partial charge in [-0.25, -0.2) is 14.7 Å². The molecule has 0 radical (unpaired) electrons. The van der Waals surface area contributed by atoms with E-state index >= 15 is 0 Å². The number of hydrogen-bond donors (Lipinski definition) is 1. The van der Waals surface area contributed by atoms with Gasteiger partial charge in [0.15, 0.2) is 0 Å². The normalized spacial score (nSPS) is 17.4. The zero-order valence-corrected chi connectivity index (χ0v) is 19.8. The van der Waals surface area contributed by atoms with Crippen molar-refractivity contribution in [1.29, 1.82) is 0 Å². The van der Waals surface area contributed by atoms with Gasteiger partial charge in [-0.1, -0.05) is 43.3 Å². The van der Waals surface area contributed by atoms with E-state index in [1.54, 1.807) is 27.9 Å². The van der Waals surface area contributed by atoms with Crippen molar-refractivity contribution in [2.24, 2.45) is 0 Å². The molecule has 174 valence electrons. The van der Waals surface area contributed by atoms with E-state index in [0.29, 0.717) is 24.2 Å². The smallest absolute Gasteiger partial charge is 0.417 e. The van der Waals surface area contributed by atoms with Gasteiger partial charge < -0.3 is 14.5 Å². The molecular formula is C26H31N3O4. The molecule has 1 aromatic heterocycles. The lowest BCUT2D eigenvalue weighted by atomic mass is 9.96. The van der Waals surface area contributed by atoms with Gasteiger partial charge in [-0.2, -0.15) is 0 Å². The zero-order valence-electron chi connectivity index (χ0n) is 19.8. The topological polar surface area (TPSA) is 84.5 Å². The van der Waals surface area contributed by atoms with Crippen LogP contribution in [0.5, 0.6) is 5.75 Å². The lowest BCUT2D eigenvalue weighted by Gasteiger charge is -2.23. The Kier molecular flexibility index (Phi) is 6.15. The highest BCUT2D eigenvalue weighted by atomic mass is 16.6. The maximum atomic E-state index is 13.2. The van der Waals surface area contributed by atoms with Crippen LogP contribution >= 0.6 is 0 Å². The van der Waals surface area contributed by atoms with Crippen molar-refractivity contribution in [3.05, 3.63) is 59.4 Å². The van der Waals surface area contributed by atoms with Crippen molar-refractivity contribution in [3.8, 4) is 5.75 Å². The molecule has 1 N–H and O–H groups in total. The predicted octanol–water partition coefficient (Wildman–Crippen LogP) is 5.17. The molecule has 1 saturated heterocycles.